The summed E-state index contributed by atoms with van der Waals surface area (Å²) in [6.07, 6.45) is 2.96. The van der Waals surface area contributed by atoms with Crippen molar-refractivity contribution in [3.8, 4) is 22.5 Å². The molecule has 0 spiro atoms. The van der Waals surface area contributed by atoms with E-state index < -0.39 is 43.3 Å². The highest BCUT2D eigenvalue weighted by atomic mass is 19.1. The number of benzene rings is 1. The van der Waals surface area contributed by atoms with Crippen LogP contribution in [0.2, 0.25) is 0 Å². The molecule has 0 bridgehead atoms. The topological polar surface area (TPSA) is 56.0 Å². The van der Waals surface area contributed by atoms with Crippen LogP contribution in [-0.2, 0) is 5.41 Å². The molecule has 0 fully saturated rings. The summed E-state index contributed by atoms with van der Waals surface area (Å²) in [5.41, 5.74) is -3.14. The minimum absolute atomic E-state index is 0.0988. The van der Waals surface area contributed by atoms with E-state index >= 15 is 0 Å². The molecule has 4 rings (SSSR count). The van der Waals surface area contributed by atoms with Crippen LogP contribution in [0.5, 0.6) is 0 Å². The second kappa shape index (κ2) is 6.19. The quantitative estimate of drug-likeness (QED) is 0.521. The molecule has 3 heterocycles. The van der Waals surface area contributed by atoms with Gasteiger partial charge in [-0.1, -0.05) is 38.8 Å². The van der Waals surface area contributed by atoms with E-state index in [1.54, 1.807) is 18.2 Å². The number of rotatable bonds is 2. The smallest absolute Gasteiger partial charge is 0.250 e. The molecule has 0 saturated heterocycles. The molecule has 3 aromatic heterocycles. The van der Waals surface area contributed by atoms with Crippen molar-refractivity contribution >= 4 is 5.78 Å². The molecule has 0 aliphatic carbocycles. The Hall–Kier alpha value is -3.22. The van der Waals surface area contributed by atoms with E-state index in [9.17, 15) is 8.78 Å². The molecule has 0 aliphatic rings. The lowest BCUT2D eigenvalue weighted by atomic mass is 9.93. The number of hydrogen-bond acceptors (Lipinski definition) is 4. The van der Waals surface area contributed by atoms with E-state index in [0.717, 1.165) is 16.9 Å². The number of imidazole rings is 1. The second-order valence-electron chi connectivity index (χ2n) is 5.81. The van der Waals surface area contributed by atoms with Gasteiger partial charge in [0.1, 0.15) is 11.5 Å². The molecular weight excluding hydrogens is 348 g/mol. The standard InChI is InChI=1S/C20H17F2N5/c1-20(2,3)17-11-25-27-16(10-24-19(27)26-17)12-5-4-6-13(7-12)18-15(22)8-14(21)9-23-18/h4-11H,1-3H3/i1D3,2D3,3D3. The SMILES string of the molecule is [2H]C([2H])([2H])C(c1cnn2c(-c3cccc(-c4ncc(F)cc4F)c3)cnc2n1)(C([2H])([2H])[2H])C([2H])([2H])[2H]. The predicted octanol–water partition coefficient (Wildman–Crippen LogP) is 4.43. The van der Waals surface area contributed by atoms with Crippen molar-refractivity contribution in [1.82, 2.24) is 24.6 Å². The lowest BCUT2D eigenvalue weighted by molar-refractivity contribution is 0.562. The van der Waals surface area contributed by atoms with Crippen LogP contribution < -0.4 is 0 Å². The van der Waals surface area contributed by atoms with Gasteiger partial charge in [0.2, 0.25) is 0 Å². The zero-order valence-electron chi connectivity index (χ0n) is 22.6. The minimum Gasteiger partial charge on any atom is -0.250 e. The largest absolute Gasteiger partial charge is 0.251 e. The summed E-state index contributed by atoms with van der Waals surface area (Å²) in [5, 5.41) is 4.06. The molecule has 27 heavy (non-hydrogen) atoms. The van der Waals surface area contributed by atoms with Gasteiger partial charge in [-0.3, -0.25) is 4.98 Å². The first-order valence-corrected chi connectivity index (χ1v) is 7.71. The highest BCUT2D eigenvalue weighted by Gasteiger charge is 2.18. The predicted molar refractivity (Wildman–Crippen MR) is 98.1 cm³/mol. The summed E-state index contributed by atoms with van der Waals surface area (Å²) >= 11 is 0. The molecule has 0 aliphatic heterocycles. The van der Waals surface area contributed by atoms with Gasteiger partial charge in [-0.15, -0.1) is 0 Å². The van der Waals surface area contributed by atoms with E-state index in [1.165, 1.54) is 12.3 Å². The Labute approximate surface area is 167 Å². The number of halogens is 2. The summed E-state index contributed by atoms with van der Waals surface area (Å²) in [5.74, 6) is -1.95. The lowest BCUT2D eigenvalue weighted by Crippen LogP contribution is -2.15. The molecule has 7 heteroatoms. The number of hydrogen-bond donors (Lipinski definition) is 0. The maximum Gasteiger partial charge on any atom is 0.251 e. The Morgan fingerprint density at radius 1 is 1.00 bits per heavy atom. The van der Waals surface area contributed by atoms with Gasteiger partial charge >= 0.3 is 0 Å². The third-order valence-corrected chi connectivity index (χ3v) is 3.86. The van der Waals surface area contributed by atoms with Gasteiger partial charge in [0.05, 0.1) is 30.0 Å². The average Bonchev–Trinajstić information content (AvgIpc) is 3.14. The first kappa shape index (κ1) is 9.64. The Morgan fingerprint density at radius 2 is 1.81 bits per heavy atom. The zero-order chi connectivity index (χ0) is 26.7. The summed E-state index contributed by atoms with van der Waals surface area (Å²) < 4.78 is 99.1. The van der Waals surface area contributed by atoms with E-state index in [2.05, 4.69) is 20.1 Å². The molecule has 5 nitrogen and oxygen atoms in total. The monoisotopic (exact) mass is 374 g/mol. The van der Waals surface area contributed by atoms with Crippen LogP contribution in [0, 0.1) is 11.6 Å². The first-order valence-electron chi connectivity index (χ1n) is 12.2. The van der Waals surface area contributed by atoms with Gasteiger partial charge < -0.3 is 0 Å². The number of aromatic nitrogens is 5. The third-order valence-electron chi connectivity index (χ3n) is 3.86. The minimum atomic E-state index is -3.49. The van der Waals surface area contributed by atoms with Crippen LogP contribution in [0.15, 0.2) is 48.9 Å². The maximum absolute atomic E-state index is 14.2. The molecule has 0 N–H and O–H groups in total. The van der Waals surface area contributed by atoms with Crippen LogP contribution in [-0.4, -0.2) is 24.6 Å². The Morgan fingerprint density at radius 3 is 2.59 bits per heavy atom. The van der Waals surface area contributed by atoms with Crippen molar-refractivity contribution in [3.05, 3.63) is 66.3 Å². The second-order valence-corrected chi connectivity index (χ2v) is 5.81. The van der Waals surface area contributed by atoms with Crippen LogP contribution in [0.3, 0.4) is 0 Å². The van der Waals surface area contributed by atoms with E-state index in [-0.39, 0.29) is 11.5 Å². The molecule has 0 radical (unpaired) electrons. The molecule has 0 unspecified atom stereocenters. The van der Waals surface area contributed by atoms with Crippen molar-refractivity contribution in [2.75, 3.05) is 0 Å². The molecular formula is C20H17F2N5. The molecule has 4 aromatic rings. The van der Waals surface area contributed by atoms with Gasteiger partial charge in [-0.25, -0.2) is 18.7 Å². The number of nitrogens with zero attached hydrogens (tertiary/aromatic N) is 5. The fraction of sp³-hybridized carbons (Fsp3) is 0.200. The number of fused-ring (bicyclic) bond motifs is 1. The van der Waals surface area contributed by atoms with E-state index in [1.807, 2.05) is 0 Å². The number of pyridine rings is 1. The van der Waals surface area contributed by atoms with E-state index in [4.69, 9.17) is 12.3 Å². The maximum atomic E-state index is 14.2. The average molecular weight is 374 g/mol. The summed E-state index contributed by atoms with van der Waals surface area (Å²) in [7, 11) is 0. The fourth-order valence-electron chi connectivity index (χ4n) is 2.61. The van der Waals surface area contributed by atoms with Crippen LogP contribution in [0.25, 0.3) is 28.3 Å². The molecule has 1 aromatic carbocycles. The molecule has 136 valence electrons. The molecule has 0 saturated carbocycles. The van der Waals surface area contributed by atoms with Crippen LogP contribution in [0.4, 0.5) is 8.78 Å². The van der Waals surface area contributed by atoms with Crippen molar-refractivity contribution < 1.29 is 21.1 Å². The fourth-order valence-corrected chi connectivity index (χ4v) is 2.61. The van der Waals surface area contributed by atoms with Crippen LogP contribution >= 0.6 is 0 Å². The highest BCUT2D eigenvalue weighted by molar-refractivity contribution is 5.70. The third kappa shape index (κ3) is 3.16. The van der Waals surface area contributed by atoms with Gasteiger partial charge in [-0.05, 0) is 6.07 Å². The van der Waals surface area contributed by atoms with Gasteiger partial charge in [0.25, 0.3) is 5.78 Å². The normalized spacial score (nSPS) is 18.2. The van der Waals surface area contributed by atoms with Gasteiger partial charge in [0, 0.05) is 34.9 Å². The van der Waals surface area contributed by atoms with Gasteiger partial charge in [-0.2, -0.15) is 9.61 Å². The lowest BCUT2D eigenvalue weighted by Gasteiger charge is -2.16. The Kier molecular flexibility index (Phi) is 2.21. The summed E-state index contributed by atoms with van der Waals surface area (Å²) in [4.78, 5) is 11.8. The van der Waals surface area contributed by atoms with Crippen molar-refractivity contribution in [3.63, 3.8) is 0 Å². The molecule has 0 amide bonds. The van der Waals surface area contributed by atoms with E-state index in [0.29, 0.717) is 22.9 Å². The van der Waals surface area contributed by atoms with Crippen molar-refractivity contribution in [2.45, 2.75) is 26.0 Å². The Balaban J connectivity index is 1.87. The zero-order valence-corrected chi connectivity index (χ0v) is 13.6. The summed E-state index contributed by atoms with van der Waals surface area (Å²) in [6.45, 7) is -10.5. The van der Waals surface area contributed by atoms with Crippen LogP contribution in [0.1, 0.15) is 38.6 Å². The van der Waals surface area contributed by atoms with Crippen molar-refractivity contribution in [2.24, 2.45) is 0 Å². The van der Waals surface area contributed by atoms with Crippen molar-refractivity contribution in [1.29, 1.82) is 0 Å². The Bertz CT molecular complexity index is 1410. The molecule has 0 atom stereocenters. The summed E-state index contributed by atoms with van der Waals surface area (Å²) in [6, 6.07) is 6.99. The highest BCUT2D eigenvalue weighted by Crippen LogP contribution is 2.27. The first-order chi connectivity index (χ1) is 16.6. The van der Waals surface area contributed by atoms with Gasteiger partial charge in [0.15, 0.2) is 5.82 Å².